The summed E-state index contributed by atoms with van der Waals surface area (Å²) in [7, 11) is 2.64. The molecular weight excluding hydrogens is 278 g/mol. The van der Waals surface area contributed by atoms with Crippen molar-refractivity contribution in [3.05, 3.63) is 29.3 Å². The van der Waals surface area contributed by atoms with Crippen LogP contribution in [0.3, 0.4) is 0 Å². The Labute approximate surface area is 122 Å². The summed E-state index contributed by atoms with van der Waals surface area (Å²) < 4.78 is 9.71. The largest absolute Gasteiger partial charge is 0.496 e. The summed E-state index contributed by atoms with van der Waals surface area (Å²) >= 11 is 0. The van der Waals surface area contributed by atoms with Crippen molar-refractivity contribution in [3.8, 4) is 5.75 Å². The van der Waals surface area contributed by atoms with Crippen molar-refractivity contribution in [3.63, 3.8) is 0 Å². The summed E-state index contributed by atoms with van der Waals surface area (Å²) in [6.45, 7) is 1.21. The van der Waals surface area contributed by atoms with Crippen molar-refractivity contribution >= 4 is 11.9 Å². The van der Waals surface area contributed by atoms with E-state index in [0.29, 0.717) is 5.56 Å². The number of methoxy groups -OCH3 is 2. The second-order valence-electron chi connectivity index (χ2n) is 4.40. The molecule has 0 spiro atoms. The predicted octanol–water partition coefficient (Wildman–Crippen LogP) is 0.0122. The minimum absolute atomic E-state index is 0.0988. The van der Waals surface area contributed by atoms with E-state index in [1.807, 2.05) is 0 Å². The minimum Gasteiger partial charge on any atom is -0.496 e. The number of hydrogen-bond donors (Lipinski definition) is 3. The molecule has 21 heavy (non-hydrogen) atoms. The van der Waals surface area contributed by atoms with Crippen LogP contribution in [0.1, 0.15) is 28.9 Å². The van der Waals surface area contributed by atoms with Gasteiger partial charge in [-0.25, -0.2) is 4.79 Å². The van der Waals surface area contributed by atoms with E-state index >= 15 is 0 Å². The van der Waals surface area contributed by atoms with Gasteiger partial charge in [0.25, 0.3) is 0 Å². The first-order valence-electron chi connectivity index (χ1n) is 6.27. The summed E-state index contributed by atoms with van der Waals surface area (Å²) in [5, 5.41) is 22.4. The molecule has 0 saturated carbocycles. The van der Waals surface area contributed by atoms with E-state index in [2.05, 4.69) is 10.1 Å². The lowest BCUT2D eigenvalue weighted by atomic mass is 10.0. The van der Waals surface area contributed by atoms with Gasteiger partial charge in [-0.15, -0.1) is 0 Å². The molecular formula is C14H19NO6. The molecule has 7 nitrogen and oxygen atoms in total. The summed E-state index contributed by atoms with van der Waals surface area (Å²) in [4.78, 5) is 22.2. The summed E-state index contributed by atoms with van der Waals surface area (Å²) in [5.74, 6) is -0.602. The third-order valence-electron chi connectivity index (χ3n) is 2.90. The van der Waals surface area contributed by atoms with Gasteiger partial charge in [0.05, 0.1) is 19.8 Å². The van der Waals surface area contributed by atoms with E-state index in [9.17, 15) is 19.8 Å². The molecule has 116 valence electrons. The molecule has 0 aromatic heterocycles. The molecule has 0 bridgehead atoms. The van der Waals surface area contributed by atoms with E-state index in [0.717, 1.165) is 0 Å². The Morgan fingerprint density at radius 1 is 1.29 bits per heavy atom. The summed E-state index contributed by atoms with van der Waals surface area (Å²) in [6.07, 6.45) is -2.47. The molecule has 0 aliphatic rings. The molecule has 0 radical (unpaired) electrons. The molecule has 1 aromatic rings. The highest BCUT2D eigenvalue weighted by atomic mass is 16.5. The van der Waals surface area contributed by atoms with Crippen molar-refractivity contribution in [1.82, 2.24) is 5.32 Å². The second-order valence-corrected chi connectivity index (χ2v) is 4.40. The Bertz CT molecular complexity index is 516. The fourth-order valence-corrected chi connectivity index (χ4v) is 1.77. The SMILES string of the molecule is COC(=O)c1ccc(C(O)C(O)CNC(C)=O)c(OC)c1. The Hall–Kier alpha value is -2.12. The van der Waals surface area contributed by atoms with Crippen LogP contribution in [0.2, 0.25) is 0 Å². The van der Waals surface area contributed by atoms with E-state index in [1.165, 1.54) is 39.3 Å². The van der Waals surface area contributed by atoms with Crippen LogP contribution >= 0.6 is 0 Å². The van der Waals surface area contributed by atoms with Crippen molar-refractivity contribution in [1.29, 1.82) is 0 Å². The molecule has 1 aromatic carbocycles. The van der Waals surface area contributed by atoms with Gasteiger partial charge in [-0.2, -0.15) is 0 Å². The van der Waals surface area contributed by atoms with Gasteiger partial charge in [0.2, 0.25) is 5.91 Å². The molecule has 0 fully saturated rings. The molecule has 2 atom stereocenters. The molecule has 0 saturated heterocycles. The van der Waals surface area contributed by atoms with Crippen molar-refractivity contribution in [2.24, 2.45) is 0 Å². The number of esters is 1. The maximum atomic E-state index is 11.4. The summed E-state index contributed by atoms with van der Waals surface area (Å²) in [6, 6.07) is 4.33. The highest BCUT2D eigenvalue weighted by Gasteiger charge is 2.23. The maximum absolute atomic E-state index is 11.4. The molecule has 0 aliphatic carbocycles. The zero-order valence-corrected chi connectivity index (χ0v) is 12.1. The van der Waals surface area contributed by atoms with Crippen LogP contribution in [0.25, 0.3) is 0 Å². The lowest BCUT2D eigenvalue weighted by Gasteiger charge is -2.20. The van der Waals surface area contributed by atoms with Gasteiger partial charge in [0, 0.05) is 19.0 Å². The molecule has 1 amide bonds. The molecule has 7 heteroatoms. The van der Waals surface area contributed by atoms with Gasteiger partial charge in [-0.05, 0) is 12.1 Å². The average Bonchev–Trinajstić information content (AvgIpc) is 2.50. The quantitative estimate of drug-likeness (QED) is 0.639. The number of nitrogens with one attached hydrogen (secondary N) is 1. The smallest absolute Gasteiger partial charge is 0.337 e. The number of amides is 1. The number of hydrogen-bond acceptors (Lipinski definition) is 6. The fourth-order valence-electron chi connectivity index (χ4n) is 1.77. The van der Waals surface area contributed by atoms with Gasteiger partial charge in [0.15, 0.2) is 0 Å². The van der Waals surface area contributed by atoms with Gasteiger partial charge >= 0.3 is 5.97 Å². The Morgan fingerprint density at radius 3 is 2.48 bits per heavy atom. The Morgan fingerprint density at radius 2 is 1.95 bits per heavy atom. The molecule has 1 rings (SSSR count). The first kappa shape index (κ1) is 16.9. The van der Waals surface area contributed by atoms with Crippen LogP contribution in [0.4, 0.5) is 0 Å². The minimum atomic E-state index is -1.27. The fraction of sp³-hybridized carbons (Fsp3) is 0.429. The van der Waals surface area contributed by atoms with Crippen LogP contribution < -0.4 is 10.1 Å². The molecule has 2 unspecified atom stereocenters. The van der Waals surface area contributed by atoms with Gasteiger partial charge in [-0.3, -0.25) is 4.79 Å². The van der Waals surface area contributed by atoms with Crippen LogP contribution in [-0.2, 0) is 9.53 Å². The predicted molar refractivity (Wildman–Crippen MR) is 74.0 cm³/mol. The molecule has 0 heterocycles. The van der Waals surface area contributed by atoms with Crippen molar-refractivity contribution < 1.29 is 29.3 Å². The Kier molecular flexibility index (Phi) is 6.13. The lowest BCUT2D eigenvalue weighted by Crippen LogP contribution is -2.34. The first-order valence-corrected chi connectivity index (χ1v) is 6.27. The van der Waals surface area contributed by atoms with Gasteiger partial charge in [0.1, 0.15) is 18.0 Å². The number of aliphatic hydroxyl groups excluding tert-OH is 2. The van der Waals surface area contributed by atoms with Crippen molar-refractivity contribution in [2.45, 2.75) is 19.1 Å². The lowest BCUT2D eigenvalue weighted by molar-refractivity contribution is -0.119. The highest BCUT2D eigenvalue weighted by molar-refractivity contribution is 5.89. The van der Waals surface area contributed by atoms with E-state index in [-0.39, 0.29) is 23.8 Å². The molecule has 0 aliphatic heterocycles. The monoisotopic (exact) mass is 297 g/mol. The van der Waals surface area contributed by atoms with E-state index in [1.54, 1.807) is 0 Å². The van der Waals surface area contributed by atoms with Crippen LogP contribution in [0.5, 0.6) is 5.75 Å². The third-order valence-corrected chi connectivity index (χ3v) is 2.90. The standard InChI is InChI=1S/C14H19NO6/c1-8(16)15-7-11(17)13(18)10-5-4-9(14(19)21-3)6-12(10)20-2/h4-6,11,13,17-18H,7H2,1-3H3,(H,15,16). The maximum Gasteiger partial charge on any atom is 0.337 e. The van der Waals surface area contributed by atoms with Gasteiger partial charge in [-0.1, -0.05) is 6.07 Å². The molecule has 3 N–H and O–H groups in total. The number of carbonyl (C=O) groups excluding carboxylic acids is 2. The van der Waals surface area contributed by atoms with E-state index in [4.69, 9.17) is 4.74 Å². The number of benzene rings is 1. The van der Waals surface area contributed by atoms with Gasteiger partial charge < -0.3 is 25.0 Å². The normalized spacial score (nSPS) is 13.2. The van der Waals surface area contributed by atoms with Crippen LogP contribution in [0.15, 0.2) is 18.2 Å². The van der Waals surface area contributed by atoms with Crippen LogP contribution in [-0.4, -0.2) is 49.0 Å². The number of aliphatic hydroxyl groups is 2. The number of ether oxygens (including phenoxy) is 2. The Balaban J connectivity index is 2.95. The third kappa shape index (κ3) is 4.44. The van der Waals surface area contributed by atoms with Crippen molar-refractivity contribution in [2.75, 3.05) is 20.8 Å². The number of carbonyl (C=O) groups is 2. The highest BCUT2D eigenvalue weighted by Crippen LogP contribution is 2.28. The topological polar surface area (TPSA) is 105 Å². The van der Waals surface area contributed by atoms with Crippen LogP contribution in [0, 0.1) is 0 Å². The number of rotatable bonds is 6. The zero-order chi connectivity index (χ0) is 16.0. The first-order chi connectivity index (χ1) is 9.90. The average molecular weight is 297 g/mol. The second kappa shape index (κ2) is 7.61. The van der Waals surface area contributed by atoms with E-state index < -0.39 is 18.2 Å². The zero-order valence-electron chi connectivity index (χ0n) is 12.1. The summed E-state index contributed by atoms with van der Waals surface area (Å²) in [5.41, 5.74) is 0.574.